The fraction of sp³-hybridized carbons (Fsp3) is 0.353. The minimum Gasteiger partial charge on any atom is -0.464 e. The van der Waals surface area contributed by atoms with E-state index in [1.54, 1.807) is 17.9 Å². The maximum atomic E-state index is 14.0. The number of amides is 1. The van der Waals surface area contributed by atoms with Crippen LogP contribution in [0.5, 0.6) is 0 Å². The quantitative estimate of drug-likeness (QED) is 0.849. The Morgan fingerprint density at radius 1 is 1.24 bits per heavy atom. The number of halogens is 1. The highest BCUT2D eigenvalue weighted by molar-refractivity contribution is 5.94. The third kappa shape index (κ3) is 3.51. The number of hydrogen-bond donors (Lipinski definition) is 0. The van der Waals surface area contributed by atoms with Gasteiger partial charge in [-0.3, -0.25) is 4.79 Å². The first-order valence-corrected chi connectivity index (χ1v) is 7.01. The van der Waals surface area contributed by atoms with Crippen molar-refractivity contribution in [3.8, 4) is 0 Å². The summed E-state index contributed by atoms with van der Waals surface area (Å²) in [5, 5.41) is 0. The third-order valence-electron chi connectivity index (χ3n) is 3.36. The van der Waals surface area contributed by atoms with E-state index in [-0.39, 0.29) is 17.5 Å². The van der Waals surface area contributed by atoms with E-state index in [0.717, 1.165) is 11.3 Å². The van der Waals surface area contributed by atoms with E-state index in [1.807, 2.05) is 32.9 Å². The Bertz CT molecular complexity index is 646. The maximum absolute atomic E-state index is 14.0. The molecule has 1 heterocycles. The van der Waals surface area contributed by atoms with Crippen LogP contribution in [0.15, 0.2) is 34.7 Å². The number of rotatable bonds is 4. The van der Waals surface area contributed by atoms with E-state index >= 15 is 0 Å². The molecule has 0 fully saturated rings. The molecule has 0 atom stereocenters. The summed E-state index contributed by atoms with van der Waals surface area (Å²) < 4.78 is 19.5. The molecule has 1 amide bonds. The molecule has 0 radical (unpaired) electrons. The molecule has 0 spiro atoms. The number of furan rings is 1. The van der Waals surface area contributed by atoms with E-state index in [0.29, 0.717) is 12.3 Å². The third-order valence-corrected chi connectivity index (χ3v) is 3.36. The zero-order chi connectivity index (χ0) is 15.6. The summed E-state index contributed by atoms with van der Waals surface area (Å²) in [5.74, 6) is 0.683. The SMILES string of the molecule is Cc1ccc(C(=O)N(Cc2ccc(C)o2)C(C)C)c(F)c1. The lowest BCUT2D eigenvalue weighted by Gasteiger charge is -2.26. The summed E-state index contributed by atoms with van der Waals surface area (Å²) in [7, 11) is 0. The van der Waals surface area contributed by atoms with Crippen LogP contribution in [0.25, 0.3) is 0 Å². The first kappa shape index (κ1) is 15.3. The van der Waals surface area contributed by atoms with Crippen molar-refractivity contribution in [2.45, 2.75) is 40.3 Å². The van der Waals surface area contributed by atoms with Gasteiger partial charge in [-0.05, 0) is 57.5 Å². The Morgan fingerprint density at radius 3 is 2.48 bits per heavy atom. The summed E-state index contributed by atoms with van der Waals surface area (Å²) in [6.45, 7) is 7.78. The molecule has 3 nitrogen and oxygen atoms in total. The summed E-state index contributed by atoms with van der Waals surface area (Å²) in [5.41, 5.74) is 0.888. The molecule has 1 aromatic carbocycles. The van der Waals surface area contributed by atoms with Crippen molar-refractivity contribution in [3.05, 3.63) is 58.8 Å². The van der Waals surface area contributed by atoms with Crippen molar-refractivity contribution >= 4 is 5.91 Å². The molecule has 4 heteroatoms. The first-order chi connectivity index (χ1) is 9.88. The lowest BCUT2D eigenvalue weighted by atomic mass is 10.1. The number of hydrogen-bond acceptors (Lipinski definition) is 2. The van der Waals surface area contributed by atoms with Crippen LogP contribution in [0.4, 0.5) is 4.39 Å². The Kier molecular flexibility index (Phi) is 4.46. The van der Waals surface area contributed by atoms with Crippen molar-refractivity contribution in [2.75, 3.05) is 0 Å². The van der Waals surface area contributed by atoms with Crippen LogP contribution in [-0.4, -0.2) is 16.8 Å². The van der Waals surface area contributed by atoms with Crippen molar-refractivity contribution in [2.24, 2.45) is 0 Å². The molecular weight excluding hydrogens is 269 g/mol. The summed E-state index contributed by atoms with van der Waals surface area (Å²) in [4.78, 5) is 14.2. The first-order valence-electron chi connectivity index (χ1n) is 7.01. The molecule has 0 saturated heterocycles. The normalized spacial score (nSPS) is 11.0. The van der Waals surface area contributed by atoms with Gasteiger partial charge in [-0.25, -0.2) is 4.39 Å². The van der Waals surface area contributed by atoms with Crippen LogP contribution in [0.1, 0.15) is 41.3 Å². The van der Waals surface area contributed by atoms with Gasteiger partial charge < -0.3 is 9.32 Å². The van der Waals surface area contributed by atoms with Gasteiger partial charge in [0.15, 0.2) is 0 Å². The van der Waals surface area contributed by atoms with Crippen LogP contribution >= 0.6 is 0 Å². The van der Waals surface area contributed by atoms with Gasteiger partial charge in [-0.1, -0.05) is 6.07 Å². The van der Waals surface area contributed by atoms with Gasteiger partial charge in [0.1, 0.15) is 17.3 Å². The van der Waals surface area contributed by atoms with E-state index in [1.165, 1.54) is 12.1 Å². The second-order valence-electron chi connectivity index (χ2n) is 5.52. The molecule has 0 saturated carbocycles. The molecule has 21 heavy (non-hydrogen) atoms. The fourth-order valence-electron chi connectivity index (χ4n) is 2.18. The number of carbonyl (C=O) groups excluding carboxylic acids is 1. The lowest BCUT2D eigenvalue weighted by molar-refractivity contribution is 0.0670. The van der Waals surface area contributed by atoms with Gasteiger partial charge in [0, 0.05) is 6.04 Å². The van der Waals surface area contributed by atoms with Crippen LogP contribution < -0.4 is 0 Å². The predicted molar refractivity (Wildman–Crippen MR) is 79.6 cm³/mol. The minimum atomic E-state index is -0.485. The minimum absolute atomic E-state index is 0.0522. The van der Waals surface area contributed by atoms with Gasteiger partial charge in [0.05, 0.1) is 12.1 Å². The van der Waals surface area contributed by atoms with Crippen LogP contribution in [0.2, 0.25) is 0 Å². The number of aryl methyl sites for hydroxylation is 2. The van der Waals surface area contributed by atoms with Crippen LogP contribution in [-0.2, 0) is 6.54 Å². The van der Waals surface area contributed by atoms with Gasteiger partial charge in [-0.15, -0.1) is 0 Å². The standard InChI is InChI=1S/C17H20FNO2/c1-11(2)19(10-14-7-6-13(4)21-14)17(20)15-8-5-12(3)9-16(15)18/h5-9,11H,10H2,1-4H3. The monoisotopic (exact) mass is 289 g/mol. The molecule has 2 rings (SSSR count). The van der Waals surface area contributed by atoms with E-state index in [4.69, 9.17) is 4.42 Å². The molecule has 0 bridgehead atoms. The second kappa shape index (κ2) is 6.12. The summed E-state index contributed by atoms with van der Waals surface area (Å²) >= 11 is 0. The van der Waals surface area contributed by atoms with E-state index < -0.39 is 5.82 Å². The number of benzene rings is 1. The summed E-state index contributed by atoms with van der Waals surface area (Å²) in [6.07, 6.45) is 0. The topological polar surface area (TPSA) is 33.5 Å². The molecular formula is C17H20FNO2. The average molecular weight is 289 g/mol. The van der Waals surface area contributed by atoms with Gasteiger partial charge in [-0.2, -0.15) is 0 Å². The average Bonchev–Trinajstić information content (AvgIpc) is 2.80. The molecule has 2 aromatic rings. The van der Waals surface area contributed by atoms with Crippen molar-refractivity contribution in [1.29, 1.82) is 0 Å². The van der Waals surface area contributed by atoms with Gasteiger partial charge in [0.2, 0.25) is 0 Å². The molecule has 1 aromatic heterocycles. The highest BCUT2D eigenvalue weighted by atomic mass is 19.1. The molecule has 0 unspecified atom stereocenters. The molecule has 0 aliphatic carbocycles. The molecule has 0 aliphatic heterocycles. The van der Waals surface area contributed by atoms with Crippen molar-refractivity contribution < 1.29 is 13.6 Å². The predicted octanol–water partition coefficient (Wildman–Crippen LogP) is 4.09. The fourth-order valence-corrected chi connectivity index (χ4v) is 2.18. The second-order valence-corrected chi connectivity index (χ2v) is 5.52. The Morgan fingerprint density at radius 2 is 1.95 bits per heavy atom. The number of carbonyl (C=O) groups is 1. The highest BCUT2D eigenvalue weighted by Crippen LogP contribution is 2.18. The number of nitrogens with zero attached hydrogens (tertiary/aromatic N) is 1. The van der Waals surface area contributed by atoms with Crippen LogP contribution in [0, 0.1) is 19.7 Å². The maximum Gasteiger partial charge on any atom is 0.257 e. The Labute approximate surface area is 124 Å². The van der Waals surface area contributed by atoms with Crippen LogP contribution in [0.3, 0.4) is 0 Å². The van der Waals surface area contributed by atoms with Crippen molar-refractivity contribution in [3.63, 3.8) is 0 Å². The summed E-state index contributed by atoms with van der Waals surface area (Å²) in [6, 6.07) is 8.29. The van der Waals surface area contributed by atoms with Gasteiger partial charge in [0.25, 0.3) is 5.91 Å². The van der Waals surface area contributed by atoms with Crippen molar-refractivity contribution in [1.82, 2.24) is 4.90 Å². The molecule has 0 aliphatic rings. The zero-order valence-corrected chi connectivity index (χ0v) is 12.8. The highest BCUT2D eigenvalue weighted by Gasteiger charge is 2.22. The smallest absolute Gasteiger partial charge is 0.257 e. The Balaban J connectivity index is 2.27. The molecule has 112 valence electrons. The molecule has 0 N–H and O–H groups in total. The van der Waals surface area contributed by atoms with Gasteiger partial charge >= 0.3 is 0 Å². The lowest BCUT2D eigenvalue weighted by Crippen LogP contribution is -2.36. The largest absolute Gasteiger partial charge is 0.464 e. The van der Waals surface area contributed by atoms with E-state index in [2.05, 4.69) is 0 Å². The Hall–Kier alpha value is -2.10. The van der Waals surface area contributed by atoms with E-state index in [9.17, 15) is 9.18 Å². The zero-order valence-electron chi connectivity index (χ0n) is 12.8.